The van der Waals surface area contributed by atoms with Crippen molar-refractivity contribution in [1.82, 2.24) is 9.49 Å². The molecule has 5 nitrogen and oxygen atoms in total. The lowest BCUT2D eigenvalue weighted by molar-refractivity contribution is 0.205. The summed E-state index contributed by atoms with van der Waals surface area (Å²) in [5.41, 5.74) is 6.26. The van der Waals surface area contributed by atoms with Gasteiger partial charge in [-0.1, -0.05) is 11.5 Å². The summed E-state index contributed by atoms with van der Waals surface area (Å²) in [6.45, 7) is 3.53. The van der Waals surface area contributed by atoms with Gasteiger partial charge >= 0.3 is 0 Å². The molecule has 0 radical (unpaired) electrons. The van der Waals surface area contributed by atoms with Crippen molar-refractivity contribution in [2.45, 2.75) is 19.3 Å². The highest BCUT2D eigenvalue weighted by molar-refractivity contribution is 5.46. The Hall–Kier alpha value is -1.86. The van der Waals surface area contributed by atoms with Crippen molar-refractivity contribution in [2.24, 2.45) is 16.1 Å². The van der Waals surface area contributed by atoms with E-state index in [0.29, 0.717) is 18.1 Å². The van der Waals surface area contributed by atoms with E-state index < -0.39 is 11.6 Å². The molecule has 0 aromatic heterocycles. The van der Waals surface area contributed by atoms with E-state index >= 15 is 0 Å². The van der Waals surface area contributed by atoms with Crippen molar-refractivity contribution in [3.8, 4) is 0 Å². The fourth-order valence-corrected chi connectivity index (χ4v) is 2.97. The quantitative estimate of drug-likeness (QED) is 0.870. The van der Waals surface area contributed by atoms with Crippen LogP contribution in [0.25, 0.3) is 0 Å². The maximum atomic E-state index is 13.6. The van der Waals surface area contributed by atoms with Gasteiger partial charge in [-0.2, -0.15) is 0 Å². The SMILES string of the molecule is NC1=C[N+](CCN2CCCCC2)(c2ccc(F)c(F)c2)N=N1. The monoisotopic (exact) mass is 308 g/mol. The molecule has 0 spiro atoms. The van der Waals surface area contributed by atoms with Crippen LogP contribution in [0.1, 0.15) is 19.3 Å². The van der Waals surface area contributed by atoms with E-state index in [1.807, 2.05) is 0 Å². The lowest BCUT2D eigenvalue weighted by Gasteiger charge is -2.30. The first-order chi connectivity index (χ1) is 10.6. The van der Waals surface area contributed by atoms with Crippen LogP contribution in [0.2, 0.25) is 0 Å². The van der Waals surface area contributed by atoms with Gasteiger partial charge < -0.3 is 5.73 Å². The number of piperidine rings is 1. The summed E-state index contributed by atoms with van der Waals surface area (Å²) >= 11 is 0. The number of halogens is 2. The fraction of sp³-hybridized carbons (Fsp3) is 0.467. The minimum atomic E-state index is -0.887. The van der Waals surface area contributed by atoms with Crippen LogP contribution >= 0.6 is 0 Å². The first kappa shape index (κ1) is 15.1. The molecule has 1 aromatic rings. The highest BCUT2D eigenvalue weighted by Crippen LogP contribution is 2.31. The first-order valence-corrected chi connectivity index (χ1v) is 7.56. The molecule has 1 atom stereocenters. The van der Waals surface area contributed by atoms with Gasteiger partial charge in [-0.05, 0) is 32.0 Å². The zero-order valence-corrected chi connectivity index (χ0v) is 12.4. The Morgan fingerprint density at radius 3 is 2.55 bits per heavy atom. The van der Waals surface area contributed by atoms with Gasteiger partial charge in [-0.25, -0.2) is 8.78 Å². The number of benzene rings is 1. The topological polar surface area (TPSA) is 54.0 Å². The van der Waals surface area contributed by atoms with Gasteiger partial charge in [0.05, 0.1) is 6.54 Å². The van der Waals surface area contributed by atoms with E-state index in [-0.39, 0.29) is 4.59 Å². The molecule has 22 heavy (non-hydrogen) atoms. The summed E-state index contributed by atoms with van der Waals surface area (Å²) < 4.78 is 26.7. The maximum absolute atomic E-state index is 13.6. The molecule has 0 amide bonds. The van der Waals surface area contributed by atoms with E-state index in [4.69, 9.17) is 5.73 Å². The second-order valence-corrected chi connectivity index (χ2v) is 5.79. The molecule has 0 saturated carbocycles. The van der Waals surface area contributed by atoms with Gasteiger partial charge in [0.15, 0.2) is 23.5 Å². The van der Waals surface area contributed by atoms with Crippen LogP contribution in [0.5, 0.6) is 0 Å². The standard InChI is InChI=1S/C15H20F2N5/c16-13-5-4-12(10-14(13)17)22(11-15(18)19-20-22)9-8-21-6-2-1-3-7-21/h4-5,10-11H,1-3,6-9,18H2/q+1. The van der Waals surface area contributed by atoms with Crippen LogP contribution in [0.4, 0.5) is 14.5 Å². The van der Waals surface area contributed by atoms with E-state index in [9.17, 15) is 8.78 Å². The summed E-state index contributed by atoms with van der Waals surface area (Å²) in [4.78, 5) is 2.36. The van der Waals surface area contributed by atoms with Crippen LogP contribution in [0, 0.1) is 11.6 Å². The van der Waals surface area contributed by atoms with Gasteiger partial charge in [-0.15, -0.1) is 4.59 Å². The molecule has 1 aromatic carbocycles. The second-order valence-electron chi connectivity index (χ2n) is 5.79. The number of quaternary nitrogens is 1. The molecule has 3 rings (SSSR count). The predicted octanol–water partition coefficient (Wildman–Crippen LogP) is 2.90. The molecule has 0 bridgehead atoms. The average molecular weight is 308 g/mol. The van der Waals surface area contributed by atoms with Crippen molar-refractivity contribution < 1.29 is 8.78 Å². The lowest BCUT2D eigenvalue weighted by Crippen LogP contribution is -2.44. The fourth-order valence-electron chi connectivity index (χ4n) is 2.97. The van der Waals surface area contributed by atoms with Gasteiger partial charge in [0.25, 0.3) is 0 Å². The zero-order valence-electron chi connectivity index (χ0n) is 12.4. The second kappa shape index (κ2) is 6.10. The Kier molecular flexibility index (Phi) is 4.17. The summed E-state index contributed by atoms with van der Waals surface area (Å²) in [5.74, 6) is -1.46. The molecule has 1 fully saturated rings. The van der Waals surface area contributed by atoms with Gasteiger partial charge in [0.1, 0.15) is 6.54 Å². The van der Waals surface area contributed by atoms with Crippen LogP contribution < -0.4 is 10.3 Å². The van der Waals surface area contributed by atoms with Crippen LogP contribution in [-0.2, 0) is 0 Å². The molecule has 2 N–H and O–H groups in total. The molecule has 2 aliphatic heterocycles. The molecule has 2 aliphatic rings. The average Bonchev–Trinajstić information content (AvgIpc) is 2.92. The van der Waals surface area contributed by atoms with E-state index in [0.717, 1.165) is 25.7 Å². The smallest absolute Gasteiger partial charge is 0.208 e. The van der Waals surface area contributed by atoms with E-state index in [2.05, 4.69) is 15.2 Å². The Labute approximate surface area is 128 Å². The van der Waals surface area contributed by atoms with Crippen LogP contribution in [0.15, 0.2) is 40.6 Å². The number of nitrogens with two attached hydrogens (primary N) is 1. The van der Waals surface area contributed by atoms with Crippen molar-refractivity contribution >= 4 is 5.69 Å². The van der Waals surface area contributed by atoms with Gasteiger partial charge in [0, 0.05) is 17.4 Å². The van der Waals surface area contributed by atoms with Crippen molar-refractivity contribution in [2.75, 3.05) is 26.2 Å². The normalized spacial score (nSPS) is 25.5. The number of likely N-dealkylation sites (tertiary alicyclic amines) is 1. The van der Waals surface area contributed by atoms with Crippen molar-refractivity contribution in [3.63, 3.8) is 0 Å². The third-order valence-electron chi connectivity index (χ3n) is 4.22. The molecular formula is C15H20F2N5+. The van der Waals surface area contributed by atoms with E-state index in [1.54, 1.807) is 6.20 Å². The summed E-state index contributed by atoms with van der Waals surface area (Å²) in [7, 11) is 0. The van der Waals surface area contributed by atoms with Crippen LogP contribution in [0.3, 0.4) is 0 Å². The Bertz CT molecular complexity index is 610. The lowest BCUT2D eigenvalue weighted by atomic mass is 10.1. The number of hydrogen-bond acceptors (Lipinski definition) is 4. The van der Waals surface area contributed by atoms with E-state index in [1.165, 1.54) is 31.4 Å². The third-order valence-corrected chi connectivity index (χ3v) is 4.22. The first-order valence-electron chi connectivity index (χ1n) is 7.56. The summed E-state index contributed by atoms with van der Waals surface area (Å²) in [6.07, 6.45) is 5.35. The van der Waals surface area contributed by atoms with Crippen LogP contribution in [-0.4, -0.2) is 31.1 Å². The summed E-state index contributed by atoms with van der Waals surface area (Å²) in [6, 6.07) is 3.81. The molecule has 1 unspecified atom stereocenters. The number of nitrogens with zero attached hydrogens (tertiary/aromatic N) is 4. The largest absolute Gasteiger partial charge is 0.378 e. The molecular weight excluding hydrogens is 288 g/mol. The number of rotatable bonds is 4. The Balaban J connectivity index is 1.82. The zero-order chi connectivity index (χ0) is 15.6. The predicted molar refractivity (Wildman–Crippen MR) is 80.4 cm³/mol. The maximum Gasteiger partial charge on any atom is 0.208 e. The molecule has 7 heteroatoms. The Morgan fingerprint density at radius 1 is 1.14 bits per heavy atom. The highest BCUT2D eigenvalue weighted by Gasteiger charge is 2.36. The minimum Gasteiger partial charge on any atom is -0.378 e. The third kappa shape index (κ3) is 3.00. The summed E-state index contributed by atoms with van der Waals surface area (Å²) in [5, 5.41) is 8.09. The number of hydrogen-bond donors (Lipinski definition) is 1. The van der Waals surface area contributed by atoms with Crippen molar-refractivity contribution in [1.29, 1.82) is 0 Å². The molecule has 0 aliphatic carbocycles. The molecule has 118 valence electrons. The van der Waals surface area contributed by atoms with Crippen molar-refractivity contribution in [3.05, 3.63) is 41.9 Å². The van der Waals surface area contributed by atoms with Gasteiger partial charge in [-0.3, -0.25) is 4.90 Å². The Morgan fingerprint density at radius 2 is 1.91 bits per heavy atom. The molecule has 1 saturated heterocycles. The van der Waals surface area contributed by atoms with Gasteiger partial charge in [0.2, 0.25) is 5.82 Å². The highest BCUT2D eigenvalue weighted by atomic mass is 19.2. The minimum absolute atomic E-state index is 0.0144. The molecule has 2 heterocycles.